The number of rotatable bonds is 4. The highest BCUT2D eigenvalue weighted by atomic mass is 32.1. The highest BCUT2D eigenvalue weighted by Gasteiger charge is 2.17. The fraction of sp³-hybridized carbons (Fsp3) is 0.222. The molecule has 0 aliphatic carbocycles. The minimum absolute atomic E-state index is 0.0628. The van der Waals surface area contributed by atoms with Crippen LogP contribution < -0.4 is 0 Å². The summed E-state index contributed by atoms with van der Waals surface area (Å²) in [4.78, 5) is 17.0. The molecule has 1 aromatic rings. The molecule has 82 valence electrons. The molecule has 1 aromatic carbocycles. The summed E-state index contributed by atoms with van der Waals surface area (Å²) >= 11 is 4.69. The number of phosphoric ester groups is 1. The molecule has 0 saturated carbocycles. The number of aryl methyl sites for hydroxylation is 1. The van der Waals surface area contributed by atoms with Gasteiger partial charge in [0, 0.05) is 6.42 Å². The lowest BCUT2D eigenvalue weighted by Crippen LogP contribution is -2.01. The van der Waals surface area contributed by atoms with Crippen molar-refractivity contribution in [2.45, 2.75) is 12.8 Å². The molecule has 0 aromatic heterocycles. The Hall–Kier alpha value is -0.740. The Balaban J connectivity index is 2.39. The molecular weight excluding hydrogens is 235 g/mol. The number of thiocarbonyl (C=S) groups is 1. The third kappa shape index (κ3) is 5.64. The lowest BCUT2D eigenvalue weighted by atomic mass is 10.1. The molecule has 4 nitrogen and oxygen atoms in total. The van der Waals surface area contributed by atoms with E-state index in [1.54, 1.807) is 0 Å². The molecule has 2 N–H and O–H groups in total. The Morgan fingerprint density at radius 2 is 1.93 bits per heavy atom. The summed E-state index contributed by atoms with van der Waals surface area (Å²) < 4.78 is 14.7. The zero-order valence-corrected chi connectivity index (χ0v) is 9.58. The van der Waals surface area contributed by atoms with Gasteiger partial charge in [-0.2, -0.15) is 0 Å². The van der Waals surface area contributed by atoms with Gasteiger partial charge in [-0.1, -0.05) is 30.3 Å². The van der Waals surface area contributed by atoms with Gasteiger partial charge < -0.3 is 4.52 Å². The molecule has 0 aliphatic rings. The zero-order valence-electron chi connectivity index (χ0n) is 7.87. The molecule has 0 spiro atoms. The molecule has 0 bridgehead atoms. The van der Waals surface area contributed by atoms with Gasteiger partial charge >= 0.3 is 7.82 Å². The second-order valence-corrected chi connectivity index (χ2v) is 4.56. The van der Waals surface area contributed by atoms with Crippen molar-refractivity contribution in [2.75, 3.05) is 0 Å². The first kappa shape index (κ1) is 12.3. The van der Waals surface area contributed by atoms with Crippen LogP contribution in [0.4, 0.5) is 0 Å². The lowest BCUT2D eigenvalue weighted by molar-refractivity contribution is 0.279. The SMILES string of the molecule is O=P(O)(O)OC(=S)CCc1ccccc1. The van der Waals surface area contributed by atoms with Crippen molar-refractivity contribution in [3.63, 3.8) is 0 Å². The largest absolute Gasteiger partial charge is 0.525 e. The maximum atomic E-state index is 10.4. The van der Waals surface area contributed by atoms with E-state index in [0.29, 0.717) is 12.8 Å². The monoisotopic (exact) mass is 246 g/mol. The van der Waals surface area contributed by atoms with Gasteiger partial charge in [-0.25, -0.2) is 4.57 Å². The maximum Gasteiger partial charge on any atom is 0.525 e. The molecule has 0 amide bonds. The minimum atomic E-state index is -4.48. The third-order valence-electron chi connectivity index (χ3n) is 1.68. The van der Waals surface area contributed by atoms with Crippen molar-refractivity contribution >= 4 is 25.1 Å². The Morgan fingerprint density at radius 3 is 2.47 bits per heavy atom. The van der Waals surface area contributed by atoms with Crippen molar-refractivity contribution in [1.82, 2.24) is 0 Å². The predicted octanol–water partition coefficient (Wildman–Crippen LogP) is 2.06. The molecular formula is C9H11O4PS. The minimum Gasteiger partial charge on any atom is -0.397 e. The molecule has 0 atom stereocenters. The number of hydrogen-bond acceptors (Lipinski definition) is 3. The van der Waals surface area contributed by atoms with E-state index in [-0.39, 0.29) is 5.05 Å². The van der Waals surface area contributed by atoms with Gasteiger partial charge in [0.1, 0.15) is 0 Å². The van der Waals surface area contributed by atoms with Gasteiger partial charge in [-0.05, 0) is 24.2 Å². The summed E-state index contributed by atoms with van der Waals surface area (Å²) in [5, 5.41) is -0.0628. The summed E-state index contributed by atoms with van der Waals surface area (Å²) in [5.41, 5.74) is 1.05. The van der Waals surface area contributed by atoms with E-state index in [1.165, 1.54) is 0 Å². The predicted molar refractivity (Wildman–Crippen MR) is 60.5 cm³/mol. The molecule has 6 heteroatoms. The Labute approximate surface area is 93.1 Å². The Bertz CT molecular complexity index is 373. The van der Waals surface area contributed by atoms with Crippen LogP contribution in [0.15, 0.2) is 30.3 Å². The topological polar surface area (TPSA) is 66.8 Å². The highest BCUT2D eigenvalue weighted by molar-refractivity contribution is 7.80. The third-order valence-corrected chi connectivity index (χ3v) is 2.55. The van der Waals surface area contributed by atoms with Gasteiger partial charge in [-0.15, -0.1) is 0 Å². The van der Waals surface area contributed by atoms with Crippen LogP contribution in [0.2, 0.25) is 0 Å². The first-order chi connectivity index (χ1) is 6.97. The second-order valence-electron chi connectivity index (χ2n) is 2.94. The normalized spacial score (nSPS) is 11.1. The van der Waals surface area contributed by atoms with Crippen molar-refractivity contribution in [3.05, 3.63) is 35.9 Å². The van der Waals surface area contributed by atoms with Crippen LogP contribution in [-0.2, 0) is 15.5 Å². The van der Waals surface area contributed by atoms with Crippen molar-refractivity contribution < 1.29 is 18.9 Å². The molecule has 0 radical (unpaired) electrons. The van der Waals surface area contributed by atoms with Crippen LogP contribution in [0.1, 0.15) is 12.0 Å². The maximum absolute atomic E-state index is 10.4. The molecule has 0 unspecified atom stereocenters. The summed E-state index contributed by atoms with van der Waals surface area (Å²) in [6, 6.07) is 9.51. The summed E-state index contributed by atoms with van der Waals surface area (Å²) in [6.45, 7) is 0. The van der Waals surface area contributed by atoms with Crippen molar-refractivity contribution in [2.24, 2.45) is 0 Å². The van der Waals surface area contributed by atoms with Crippen LogP contribution in [0.5, 0.6) is 0 Å². The number of phosphoric acid groups is 1. The van der Waals surface area contributed by atoms with E-state index in [9.17, 15) is 4.57 Å². The molecule has 1 rings (SSSR count). The molecule has 0 heterocycles. The fourth-order valence-corrected chi connectivity index (χ4v) is 1.82. The van der Waals surface area contributed by atoms with Gasteiger partial charge in [0.25, 0.3) is 0 Å². The Morgan fingerprint density at radius 1 is 1.33 bits per heavy atom. The second kappa shape index (κ2) is 5.37. The van der Waals surface area contributed by atoms with Gasteiger partial charge in [0.05, 0.1) is 0 Å². The number of benzene rings is 1. The average Bonchev–Trinajstić information content (AvgIpc) is 2.14. The first-order valence-corrected chi connectivity index (χ1v) is 6.23. The quantitative estimate of drug-likeness (QED) is 0.628. The van der Waals surface area contributed by atoms with Crippen molar-refractivity contribution in [3.8, 4) is 0 Å². The highest BCUT2D eigenvalue weighted by Crippen LogP contribution is 2.36. The van der Waals surface area contributed by atoms with Gasteiger partial charge in [-0.3, -0.25) is 9.79 Å². The van der Waals surface area contributed by atoms with E-state index in [1.807, 2.05) is 30.3 Å². The molecule has 0 aliphatic heterocycles. The average molecular weight is 246 g/mol. The van der Waals surface area contributed by atoms with Crippen LogP contribution in [0.3, 0.4) is 0 Å². The van der Waals surface area contributed by atoms with E-state index >= 15 is 0 Å². The van der Waals surface area contributed by atoms with Crippen molar-refractivity contribution in [1.29, 1.82) is 0 Å². The standard InChI is InChI=1S/C9H11O4PS/c10-14(11,12)13-9(15)7-6-8-4-2-1-3-5-8/h1-5H,6-7H2,(H2,10,11,12). The summed E-state index contributed by atoms with van der Waals surface area (Å²) in [6.07, 6.45) is 0.935. The zero-order chi connectivity index (χ0) is 11.3. The van der Waals surface area contributed by atoms with E-state index < -0.39 is 7.82 Å². The molecule has 15 heavy (non-hydrogen) atoms. The molecule has 0 saturated heterocycles. The van der Waals surface area contributed by atoms with Crippen LogP contribution >= 0.6 is 20.0 Å². The van der Waals surface area contributed by atoms with Crippen LogP contribution in [0, 0.1) is 0 Å². The summed E-state index contributed by atoms with van der Waals surface area (Å²) in [5.74, 6) is 0. The van der Waals surface area contributed by atoms with Gasteiger partial charge in [0.2, 0.25) is 0 Å². The van der Waals surface area contributed by atoms with E-state index in [4.69, 9.17) is 9.79 Å². The fourth-order valence-electron chi connectivity index (χ4n) is 1.07. The molecule has 0 fully saturated rings. The number of hydrogen-bond donors (Lipinski definition) is 2. The Kier molecular flexibility index (Phi) is 4.42. The lowest BCUT2D eigenvalue weighted by Gasteiger charge is -2.07. The van der Waals surface area contributed by atoms with Crippen LogP contribution in [0.25, 0.3) is 0 Å². The van der Waals surface area contributed by atoms with Gasteiger partial charge in [0.15, 0.2) is 5.05 Å². The van der Waals surface area contributed by atoms with E-state index in [2.05, 4.69) is 16.7 Å². The smallest absolute Gasteiger partial charge is 0.397 e. The van der Waals surface area contributed by atoms with E-state index in [0.717, 1.165) is 5.56 Å². The summed E-state index contributed by atoms with van der Waals surface area (Å²) in [7, 11) is -4.48. The first-order valence-electron chi connectivity index (χ1n) is 4.29. The van der Waals surface area contributed by atoms with Crippen LogP contribution in [-0.4, -0.2) is 14.8 Å².